The number of carbonyl (C=O) groups is 4. The van der Waals surface area contributed by atoms with Crippen molar-refractivity contribution in [2.75, 3.05) is 31.5 Å². The smallest absolute Gasteiger partial charge is 0.410 e. The number of carbonyl (C=O) groups excluding carboxylic acids is 4. The summed E-state index contributed by atoms with van der Waals surface area (Å²) in [6, 6.07) is 0. The minimum atomic E-state index is -0.549. The predicted octanol–water partition coefficient (Wildman–Crippen LogP) is 6.08. The molecule has 2 aromatic rings. The number of nitrogens with one attached hydrogen (secondary N) is 1. The maximum absolute atomic E-state index is 12.8. The Morgan fingerprint density at radius 3 is 1.79 bits per heavy atom. The molecular weight excluding hydrogens is 655 g/mol. The van der Waals surface area contributed by atoms with Gasteiger partial charge >= 0.3 is 12.2 Å². The number of Topliss-reactive ketones (excluding diaryl/α,β-unsaturated/α-hetero) is 1. The van der Waals surface area contributed by atoms with Crippen molar-refractivity contribution in [1.29, 1.82) is 0 Å². The van der Waals surface area contributed by atoms with Crippen LogP contribution >= 0.6 is 22.7 Å². The summed E-state index contributed by atoms with van der Waals surface area (Å²) in [5.74, 6) is 0.204. The monoisotopic (exact) mass is 705 g/mol. The number of hydrogen-bond acceptors (Lipinski definition) is 12. The number of unbranched alkanes of at least 4 members (excludes halogenated alkanes) is 1. The van der Waals surface area contributed by atoms with Crippen molar-refractivity contribution in [3.05, 3.63) is 15.0 Å². The maximum Gasteiger partial charge on any atom is 0.410 e. The Balaban J connectivity index is 1.11. The van der Waals surface area contributed by atoms with Crippen LogP contribution in [0.5, 0.6) is 0 Å². The minimum absolute atomic E-state index is 0.0753. The van der Waals surface area contributed by atoms with Crippen molar-refractivity contribution in [3.8, 4) is 0 Å². The van der Waals surface area contributed by atoms with E-state index >= 15 is 0 Å². The number of amides is 3. The van der Waals surface area contributed by atoms with Crippen LogP contribution in [0.2, 0.25) is 0 Å². The van der Waals surface area contributed by atoms with Gasteiger partial charge in [-0.25, -0.2) is 9.59 Å². The molecule has 0 spiro atoms. The van der Waals surface area contributed by atoms with Gasteiger partial charge in [-0.05, 0) is 91.9 Å². The fourth-order valence-corrected chi connectivity index (χ4v) is 7.57. The predicted molar refractivity (Wildman–Crippen MR) is 184 cm³/mol. The Morgan fingerprint density at radius 1 is 0.729 bits per heavy atom. The van der Waals surface area contributed by atoms with E-state index < -0.39 is 11.2 Å². The van der Waals surface area contributed by atoms with E-state index in [0.717, 1.165) is 66.4 Å². The molecule has 4 rings (SSSR count). The Hall–Kier alpha value is -3.20. The third kappa shape index (κ3) is 13.0. The summed E-state index contributed by atoms with van der Waals surface area (Å²) in [5, 5.41) is 22.8. The zero-order valence-corrected chi connectivity index (χ0v) is 30.8. The van der Waals surface area contributed by atoms with Gasteiger partial charge in [0.05, 0.1) is 6.42 Å². The Bertz CT molecular complexity index is 1290. The van der Waals surface area contributed by atoms with Gasteiger partial charge in [-0.1, -0.05) is 11.3 Å². The second-order valence-corrected chi connectivity index (χ2v) is 17.0. The standard InChI is InChI=1S/C33H51N7O6S2/c1-32(2,3)45-30(43)39-15-9-11-22(20-39)17-24(41)19-28-37-35-26(47-28)13-7-8-14-27-36-38-29(48-27)34-25(42)18-23-12-10-16-40(21-23)31(44)46-33(4,5)6/h22-23H,7-21H2,1-6H3,(H,34,38,42). The van der Waals surface area contributed by atoms with Crippen molar-refractivity contribution in [2.45, 2.75) is 123 Å². The number of ether oxygens (including phenoxy) is 2. The van der Waals surface area contributed by atoms with E-state index in [2.05, 4.69) is 25.7 Å². The van der Waals surface area contributed by atoms with Gasteiger partial charge < -0.3 is 24.6 Å². The Kier molecular flexibility index (Phi) is 13.3. The molecule has 13 nitrogen and oxygen atoms in total. The van der Waals surface area contributed by atoms with E-state index in [-0.39, 0.29) is 42.1 Å². The number of anilines is 1. The van der Waals surface area contributed by atoms with Gasteiger partial charge in [0.25, 0.3) is 0 Å². The van der Waals surface area contributed by atoms with Gasteiger partial charge in [0.15, 0.2) is 0 Å². The number of rotatable bonds is 12. The van der Waals surface area contributed by atoms with Gasteiger partial charge in [0.2, 0.25) is 11.0 Å². The fourth-order valence-electron chi connectivity index (χ4n) is 5.86. The highest BCUT2D eigenvalue weighted by atomic mass is 32.1. The van der Waals surface area contributed by atoms with Crippen LogP contribution in [0.4, 0.5) is 14.7 Å². The van der Waals surface area contributed by atoms with Gasteiger partial charge in [0, 0.05) is 51.9 Å². The number of hydrogen-bond donors (Lipinski definition) is 1. The SMILES string of the molecule is CC(C)(C)OC(=O)N1CCCC(CC(=O)Cc2nnc(CCCCc3nnc(NC(=O)CC4CCCN(C(=O)OC(C)(C)C)C4)s3)s2)C1. The average Bonchev–Trinajstić information content (AvgIpc) is 3.62. The summed E-state index contributed by atoms with van der Waals surface area (Å²) in [4.78, 5) is 53.8. The van der Waals surface area contributed by atoms with Gasteiger partial charge in [-0.2, -0.15) is 0 Å². The number of aryl methyl sites for hydroxylation is 2. The van der Waals surface area contributed by atoms with Crippen molar-refractivity contribution >= 4 is 51.7 Å². The second kappa shape index (κ2) is 17.0. The number of aromatic nitrogens is 4. The summed E-state index contributed by atoms with van der Waals surface area (Å²) in [7, 11) is 0. The van der Waals surface area contributed by atoms with Crippen LogP contribution in [-0.2, 0) is 38.3 Å². The van der Waals surface area contributed by atoms with Crippen LogP contribution in [0.1, 0.15) is 108 Å². The lowest BCUT2D eigenvalue weighted by Gasteiger charge is -2.33. The van der Waals surface area contributed by atoms with Crippen LogP contribution in [0.25, 0.3) is 0 Å². The highest BCUT2D eigenvalue weighted by Crippen LogP contribution is 2.25. The molecule has 48 heavy (non-hydrogen) atoms. The first kappa shape index (κ1) is 37.6. The topological polar surface area (TPSA) is 157 Å². The van der Waals surface area contributed by atoms with Crippen LogP contribution in [0.3, 0.4) is 0 Å². The van der Waals surface area contributed by atoms with Gasteiger partial charge in [-0.3, -0.25) is 9.59 Å². The molecule has 2 fully saturated rings. The van der Waals surface area contributed by atoms with Crippen molar-refractivity contribution < 1.29 is 28.7 Å². The first-order valence-electron chi connectivity index (χ1n) is 17.0. The third-order valence-electron chi connectivity index (χ3n) is 7.93. The molecule has 0 bridgehead atoms. The Labute approximate surface area is 291 Å². The highest BCUT2D eigenvalue weighted by molar-refractivity contribution is 7.15. The van der Waals surface area contributed by atoms with Crippen molar-refractivity contribution in [2.24, 2.45) is 11.8 Å². The molecule has 1 N–H and O–H groups in total. The summed E-state index contributed by atoms with van der Waals surface area (Å²) in [6.07, 6.45) is 7.16. The van der Waals surface area contributed by atoms with E-state index in [1.165, 1.54) is 22.7 Å². The maximum atomic E-state index is 12.8. The van der Waals surface area contributed by atoms with Crippen LogP contribution in [0, 0.1) is 11.8 Å². The molecule has 2 aromatic heterocycles. The molecule has 15 heteroatoms. The van der Waals surface area contributed by atoms with Gasteiger partial charge in [-0.15, -0.1) is 31.7 Å². The fraction of sp³-hybridized carbons (Fsp3) is 0.758. The van der Waals surface area contributed by atoms with Gasteiger partial charge in [0.1, 0.15) is 32.0 Å². The summed E-state index contributed by atoms with van der Waals surface area (Å²) in [6.45, 7) is 13.5. The first-order valence-corrected chi connectivity index (χ1v) is 18.7. The molecule has 0 aliphatic carbocycles. The normalized spacial score (nSPS) is 18.8. The van der Waals surface area contributed by atoms with E-state index in [1.807, 2.05) is 41.5 Å². The van der Waals surface area contributed by atoms with E-state index in [0.29, 0.717) is 44.2 Å². The quantitative estimate of drug-likeness (QED) is 0.257. The largest absolute Gasteiger partial charge is 0.444 e. The molecule has 0 aromatic carbocycles. The van der Waals surface area contributed by atoms with Crippen molar-refractivity contribution in [1.82, 2.24) is 30.2 Å². The molecule has 2 saturated heterocycles. The zero-order valence-electron chi connectivity index (χ0n) is 29.2. The number of ketones is 1. The first-order chi connectivity index (χ1) is 22.6. The summed E-state index contributed by atoms with van der Waals surface area (Å²) >= 11 is 2.86. The van der Waals surface area contributed by atoms with E-state index in [4.69, 9.17) is 9.47 Å². The average molecular weight is 706 g/mol. The molecule has 0 saturated carbocycles. The summed E-state index contributed by atoms with van der Waals surface area (Å²) < 4.78 is 11.0. The number of nitrogens with zero attached hydrogens (tertiary/aromatic N) is 6. The lowest BCUT2D eigenvalue weighted by molar-refractivity contribution is -0.120. The molecule has 2 unspecified atom stereocenters. The third-order valence-corrected chi connectivity index (χ3v) is 9.81. The number of likely N-dealkylation sites (tertiary alicyclic amines) is 2. The molecule has 266 valence electrons. The van der Waals surface area contributed by atoms with E-state index in [9.17, 15) is 19.2 Å². The Morgan fingerprint density at radius 2 is 1.23 bits per heavy atom. The van der Waals surface area contributed by atoms with Crippen LogP contribution in [0.15, 0.2) is 0 Å². The number of piperidine rings is 2. The minimum Gasteiger partial charge on any atom is -0.444 e. The second-order valence-electron chi connectivity index (χ2n) is 14.8. The lowest BCUT2D eigenvalue weighted by atomic mass is 9.92. The van der Waals surface area contributed by atoms with Crippen LogP contribution < -0.4 is 5.32 Å². The highest BCUT2D eigenvalue weighted by Gasteiger charge is 2.30. The van der Waals surface area contributed by atoms with Crippen LogP contribution in [-0.4, -0.2) is 91.5 Å². The molecular formula is C33H51N7O6S2. The van der Waals surface area contributed by atoms with E-state index in [1.54, 1.807) is 9.80 Å². The molecule has 3 amide bonds. The summed E-state index contributed by atoms with van der Waals surface area (Å²) in [5.41, 5.74) is -1.09. The van der Waals surface area contributed by atoms with Crippen molar-refractivity contribution in [3.63, 3.8) is 0 Å². The molecule has 0 radical (unpaired) electrons. The molecule has 2 aliphatic rings. The molecule has 2 aliphatic heterocycles. The molecule has 2 atom stereocenters. The molecule has 4 heterocycles. The lowest BCUT2D eigenvalue weighted by Crippen LogP contribution is -2.43. The zero-order chi connectivity index (χ0) is 34.9.